The number of nitrogens with zero attached hydrogens (tertiary/aromatic N) is 1. The molecule has 0 radical (unpaired) electrons. The topological polar surface area (TPSA) is 108 Å². The maximum Gasteiger partial charge on any atom is 0.336 e. The summed E-state index contributed by atoms with van der Waals surface area (Å²) in [6.07, 6.45) is 0.844. The third-order valence-corrected chi connectivity index (χ3v) is 6.23. The van der Waals surface area contributed by atoms with E-state index in [2.05, 4.69) is 5.32 Å². The van der Waals surface area contributed by atoms with Crippen LogP contribution in [0.2, 0.25) is 0 Å². The summed E-state index contributed by atoms with van der Waals surface area (Å²) in [5, 5.41) is 14.6. The van der Waals surface area contributed by atoms with Gasteiger partial charge < -0.3 is 14.8 Å². The van der Waals surface area contributed by atoms with Gasteiger partial charge in [-0.15, -0.1) is 0 Å². The number of ketones is 1. The molecule has 0 amide bonds. The maximum absolute atomic E-state index is 13.5. The second-order valence-corrected chi connectivity index (χ2v) is 8.13. The lowest BCUT2D eigenvalue weighted by atomic mass is 9.71. The SMILES string of the molecule is COC(=O)C1=C(C)NC2=C(C(=O)C[C@H](c3ccc(OC)cc3)C2)[C@@H]1c1cccc([N+](=O)[O-])c1. The van der Waals surface area contributed by atoms with E-state index in [0.717, 1.165) is 17.0 Å². The standard InChI is InChI=1S/C25H24N2O6/c1-14-22(25(29)33-3)23(16-5-4-6-18(11-16)27(30)31)24-20(26-14)12-17(13-21(24)28)15-7-9-19(32-2)10-8-15/h4-11,17,23,26H,12-13H2,1-3H3/t17-,23-/m1/s1. The van der Waals surface area contributed by atoms with E-state index < -0.39 is 16.8 Å². The van der Waals surface area contributed by atoms with E-state index in [1.54, 1.807) is 26.2 Å². The minimum atomic E-state index is -0.738. The van der Waals surface area contributed by atoms with Crippen LogP contribution in [0, 0.1) is 10.1 Å². The molecule has 1 aliphatic heterocycles. The van der Waals surface area contributed by atoms with Gasteiger partial charge in [0.2, 0.25) is 0 Å². The van der Waals surface area contributed by atoms with Crippen LogP contribution in [0.3, 0.4) is 0 Å². The van der Waals surface area contributed by atoms with Crippen LogP contribution in [0.15, 0.2) is 71.1 Å². The summed E-state index contributed by atoms with van der Waals surface area (Å²) in [4.78, 5) is 37.1. The quantitative estimate of drug-likeness (QED) is 0.416. The molecule has 1 aliphatic carbocycles. The molecule has 2 atom stereocenters. The van der Waals surface area contributed by atoms with Crippen molar-refractivity contribution in [3.63, 3.8) is 0 Å². The minimum absolute atomic E-state index is 0.0344. The molecule has 0 bridgehead atoms. The third-order valence-electron chi connectivity index (χ3n) is 6.23. The number of ether oxygens (including phenoxy) is 2. The Bertz CT molecular complexity index is 1200. The van der Waals surface area contributed by atoms with Crippen molar-refractivity contribution in [2.75, 3.05) is 14.2 Å². The van der Waals surface area contributed by atoms with Crippen molar-refractivity contribution in [2.45, 2.75) is 31.6 Å². The van der Waals surface area contributed by atoms with Crippen LogP contribution >= 0.6 is 0 Å². The van der Waals surface area contributed by atoms with Crippen LogP contribution in [0.4, 0.5) is 5.69 Å². The van der Waals surface area contributed by atoms with Gasteiger partial charge in [-0.2, -0.15) is 0 Å². The molecule has 0 spiro atoms. The fourth-order valence-electron chi connectivity index (χ4n) is 4.68. The largest absolute Gasteiger partial charge is 0.497 e. The molecule has 0 fully saturated rings. The molecule has 33 heavy (non-hydrogen) atoms. The van der Waals surface area contributed by atoms with Crippen molar-refractivity contribution in [1.82, 2.24) is 5.32 Å². The Labute approximate surface area is 191 Å². The van der Waals surface area contributed by atoms with E-state index in [4.69, 9.17) is 9.47 Å². The van der Waals surface area contributed by atoms with Crippen LogP contribution in [0.25, 0.3) is 0 Å². The number of carbonyl (C=O) groups excluding carboxylic acids is 2. The number of allylic oxidation sites excluding steroid dienone is 3. The molecular formula is C25H24N2O6. The number of nitrogens with one attached hydrogen (secondary N) is 1. The first-order valence-electron chi connectivity index (χ1n) is 10.5. The lowest BCUT2D eigenvalue weighted by Crippen LogP contribution is -2.36. The third kappa shape index (κ3) is 4.11. The highest BCUT2D eigenvalue weighted by molar-refractivity contribution is 6.04. The Morgan fingerprint density at radius 2 is 1.82 bits per heavy atom. The number of carbonyl (C=O) groups is 2. The molecule has 0 saturated heterocycles. The average Bonchev–Trinajstić information content (AvgIpc) is 2.82. The highest BCUT2D eigenvalue weighted by atomic mass is 16.6. The maximum atomic E-state index is 13.5. The Hall–Kier alpha value is -3.94. The van der Waals surface area contributed by atoms with Crippen molar-refractivity contribution in [3.8, 4) is 5.75 Å². The van der Waals surface area contributed by atoms with Gasteiger partial charge in [0.1, 0.15) is 5.75 Å². The first-order chi connectivity index (χ1) is 15.8. The van der Waals surface area contributed by atoms with Crippen LogP contribution in [-0.2, 0) is 14.3 Å². The van der Waals surface area contributed by atoms with Gasteiger partial charge >= 0.3 is 5.97 Å². The summed E-state index contributed by atoms with van der Waals surface area (Å²) < 4.78 is 10.2. The van der Waals surface area contributed by atoms with Crippen molar-refractivity contribution in [2.24, 2.45) is 0 Å². The Morgan fingerprint density at radius 3 is 2.45 bits per heavy atom. The number of dihydropyridines is 1. The second kappa shape index (κ2) is 8.90. The molecule has 170 valence electrons. The number of hydrogen-bond donors (Lipinski definition) is 1. The summed E-state index contributed by atoms with van der Waals surface area (Å²) in [5.74, 6) is -0.710. The molecule has 8 nitrogen and oxygen atoms in total. The number of esters is 1. The summed E-state index contributed by atoms with van der Waals surface area (Å²) >= 11 is 0. The Kier molecular flexibility index (Phi) is 6.00. The lowest BCUT2D eigenvalue weighted by molar-refractivity contribution is -0.384. The highest BCUT2D eigenvalue weighted by Crippen LogP contribution is 2.46. The fraction of sp³-hybridized carbons (Fsp3) is 0.280. The zero-order valence-electron chi connectivity index (χ0n) is 18.6. The smallest absolute Gasteiger partial charge is 0.336 e. The minimum Gasteiger partial charge on any atom is -0.497 e. The van der Waals surface area contributed by atoms with E-state index >= 15 is 0 Å². The summed E-state index contributed by atoms with van der Waals surface area (Å²) in [5.41, 5.74) is 3.47. The molecule has 8 heteroatoms. The molecular weight excluding hydrogens is 424 g/mol. The Balaban J connectivity index is 1.80. The van der Waals surface area contributed by atoms with Crippen LogP contribution in [-0.4, -0.2) is 30.9 Å². The van der Waals surface area contributed by atoms with Crippen molar-refractivity contribution in [3.05, 3.63) is 92.3 Å². The second-order valence-electron chi connectivity index (χ2n) is 8.13. The van der Waals surface area contributed by atoms with Gasteiger partial charge in [-0.25, -0.2) is 4.79 Å². The number of Topliss-reactive ketones (excluding diaryl/α,β-unsaturated/α-hetero) is 1. The predicted octanol–water partition coefficient (Wildman–Crippen LogP) is 4.14. The molecule has 2 aromatic carbocycles. The van der Waals surface area contributed by atoms with E-state index in [1.165, 1.54) is 19.2 Å². The molecule has 1 heterocycles. The zero-order valence-corrected chi connectivity index (χ0v) is 18.6. The molecule has 4 rings (SSSR count). The van der Waals surface area contributed by atoms with Crippen LogP contribution in [0.5, 0.6) is 5.75 Å². The summed E-state index contributed by atoms with van der Waals surface area (Å²) in [6.45, 7) is 1.75. The van der Waals surface area contributed by atoms with Crippen molar-refractivity contribution in [1.29, 1.82) is 0 Å². The van der Waals surface area contributed by atoms with Crippen LogP contribution in [0.1, 0.15) is 42.7 Å². The van der Waals surface area contributed by atoms with Gasteiger partial charge in [0.05, 0.1) is 24.7 Å². The predicted molar refractivity (Wildman–Crippen MR) is 121 cm³/mol. The number of methoxy groups -OCH3 is 2. The number of benzene rings is 2. The zero-order chi connectivity index (χ0) is 23.7. The molecule has 1 N–H and O–H groups in total. The number of non-ortho nitro benzene ring substituents is 1. The average molecular weight is 448 g/mol. The van der Waals surface area contributed by atoms with Gasteiger partial charge in [0, 0.05) is 41.4 Å². The van der Waals surface area contributed by atoms with Gasteiger partial charge in [0.25, 0.3) is 5.69 Å². The molecule has 2 aromatic rings. The van der Waals surface area contributed by atoms with Gasteiger partial charge in [0.15, 0.2) is 5.78 Å². The van der Waals surface area contributed by atoms with Crippen LogP contribution < -0.4 is 10.1 Å². The number of nitro groups is 1. The number of hydrogen-bond acceptors (Lipinski definition) is 7. The monoisotopic (exact) mass is 448 g/mol. The fourth-order valence-corrected chi connectivity index (χ4v) is 4.68. The van der Waals surface area contributed by atoms with Gasteiger partial charge in [-0.3, -0.25) is 14.9 Å². The first kappa shape index (κ1) is 22.3. The summed E-state index contributed by atoms with van der Waals surface area (Å²) in [6, 6.07) is 13.7. The highest BCUT2D eigenvalue weighted by Gasteiger charge is 2.41. The van der Waals surface area contributed by atoms with E-state index in [1.807, 2.05) is 24.3 Å². The molecule has 0 unspecified atom stereocenters. The van der Waals surface area contributed by atoms with E-state index in [0.29, 0.717) is 23.3 Å². The van der Waals surface area contributed by atoms with Gasteiger partial charge in [-0.1, -0.05) is 24.3 Å². The summed E-state index contributed by atoms with van der Waals surface area (Å²) in [7, 11) is 2.88. The van der Waals surface area contributed by atoms with E-state index in [-0.39, 0.29) is 29.4 Å². The van der Waals surface area contributed by atoms with Gasteiger partial charge in [-0.05, 0) is 42.5 Å². The number of nitro benzene ring substituents is 1. The molecule has 2 aliphatic rings. The molecule has 0 aromatic heterocycles. The first-order valence-corrected chi connectivity index (χ1v) is 10.5. The van der Waals surface area contributed by atoms with Crippen molar-refractivity contribution >= 4 is 17.4 Å². The van der Waals surface area contributed by atoms with E-state index in [9.17, 15) is 19.7 Å². The van der Waals surface area contributed by atoms with Crippen molar-refractivity contribution < 1.29 is 24.0 Å². The lowest BCUT2D eigenvalue weighted by Gasteiger charge is -2.36. The normalized spacial score (nSPS) is 20.2. The Morgan fingerprint density at radius 1 is 1.09 bits per heavy atom. The number of rotatable bonds is 5. The molecule has 0 saturated carbocycles.